The summed E-state index contributed by atoms with van der Waals surface area (Å²) in [4.78, 5) is 23.0. The Kier molecular flexibility index (Phi) is 6.33. The lowest BCUT2D eigenvalue weighted by Gasteiger charge is -2.22. The molecule has 0 saturated heterocycles. The largest absolute Gasteiger partial charge is 0.506 e. The maximum Gasteiger partial charge on any atom is 0.416 e. The van der Waals surface area contributed by atoms with Crippen LogP contribution in [0, 0.1) is 0 Å². The number of aliphatic carboxylic acids is 1. The van der Waals surface area contributed by atoms with E-state index in [4.69, 9.17) is 4.74 Å². The summed E-state index contributed by atoms with van der Waals surface area (Å²) in [5.74, 6) is -2.02. The van der Waals surface area contributed by atoms with Crippen molar-refractivity contribution in [2.24, 2.45) is 0 Å². The van der Waals surface area contributed by atoms with Crippen LogP contribution in [0.4, 0.5) is 18.0 Å². The SMILES string of the molecule is CC(C)(C)OC(=O)N[C@@H](Cc1cc(C(F)(F)F)cc(Br)c1O)C(=O)O. The maximum absolute atomic E-state index is 12.9. The van der Waals surface area contributed by atoms with Gasteiger partial charge in [-0.2, -0.15) is 13.2 Å². The molecule has 1 aromatic rings. The van der Waals surface area contributed by atoms with Gasteiger partial charge in [0, 0.05) is 6.42 Å². The number of carbonyl (C=O) groups is 2. The van der Waals surface area contributed by atoms with Crippen LogP contribution >= 0.6 is 15.9 Å². The van der Waals surface area contributed by atoms with Crippen molar-refractivity contribution in [3.05, 3.63) is 27.7 Å². The van der Waals surface area contributed by atoms with E-state index < -0.39 is 47.6 Å². The topological polar surface area (TPSA) is 95.9 Å². The Bertz CT molecular complexity index is 670. The van der Waals surface area contributed by atoms with Gasteiger partial charge in [-0.3, -0.25) is 0 Å². The predicted molar refractivity (Wildman–Crippen MR) is 85.3 cm³/mol. The summed E-state index contributed by atoms with van der Waals surface area (Å²) < 4.78 is 43.3. The van der Waals surface area contributed by atoms with Crippen molar-refractivity contribution in [3.63, 3.8) is 0 Å². The second kappa shape index (κ2) is 7.51. The number of carboxylic acids is 1. The summed E-state index contributed by atoms with van der Waals surface area (Å²) in [6.45, 7) is 4.70. The van der Waals surface area contributed by atoms with Gasteiger partial charge in [-0.05, 0) is 54.4 Å². The van der Waals surface area contributed by atoms with Crippen LogP contribution < -0.4 is 5.32 Å². The first kappa shape index (κ1) is 21.1. The van der Waals surface area contributed by atoms with Gasteiger partial charge in [0.25, 0.3) is 0 Å². The molecule has 0 saturated carbocycles. The van der Waals surface area contributed by atoms with E-state index in [1.165, 1.54) is 0 Å². The number of carbonyl (C=O) groups excluding carboxylic acids is 1. The third kappa shape index (κ3) is 6.45. The predicted octanol–water partition coefficient (Wildman–Crippen LogP) is 3.69. The van der Waals surface area contributed by atoms with Gasteiger partial charge in [0.2, 0.25) is 0 Å². The number of phenolic OH excluding ortho intramolecular Hbond substituents is 1. The molecular weight excluding hydrogens is 411 g/mol. The molecule has 1 amide bonds. The first-order chi connectivity index (χ1) is 11.2. The minimum absolute atomic E-state index is 0.237. The Labute approximate surface area is 150 Å². The maximum atomic E-state index is 12.9. The summed E-state index contributed by atoms with van der Waals surface area (Å²) in [6.07, 6.45) is -6.28. The molecule has 10 heteroatoms. The first-order valence-corrected chi connectivity index (χ1v) is 7.81. The highest BCUT2D eigenvalue weighted by molar-refractivity contribution is 9.10. The first-order valence-electron chi connectivity index (χ1n) is 7.01. The fourth-order valence-electron chi connectivity index (χ4n) is 1.85. The second-order valence-corrected chi connectivity index (χ2v) is 7.06. The smallest absolute Gasteiger partial charge is 0.416 e. The highest BCUT2D eigenvalue weighted by Crippen LogP contribution is 2.37. The molecule has 0 heterocycles. The second-order valence-electron chi connectivity index (χ2n) is 6.20. The van der Waals surface area contributed by atoms with Crippen LogP contribution in [0.25, 0.3) is 0 Å². The minimum atomic E-state index is -4.68. The molecule has 0 spiro atoms. The van der Waals surface area contributed by atoms with Crippen molar-refractivity contribution in [3.8, 4) is 5.75 Å². The van der Waals surface area contributed by atoms with Crippen molar-refractivity contribution >= 4 is 28.0 Å². The lowest BCUT2D eigenvalue weighted by molar-refractivity contribution is -0.139. The zero-order valence-electron chi connectivity index (χ0n) is 13.6. The summed E-state index contributed by atoms with van der Waals surface area (Å²) >= 11 is 2.80. The van der Waals surface area contributed by atoms with E-state index in [1.807, 2.05) is 0 Å². The van der Waals surface area contributed by atoms with Gasteiger partial charge in [-0.15, -0.1) is 0 Å². The summed E-state index contributed by atoms with van der Waals surface area (Å²) in [5, 5.41) is 21.1. The van der Waals surface area contributed by atoms with Gasteiger partial charge in [-0.25, -0.2) is 9.59 Å². The number of alkyl halides is 3. The van der Waals surface area contributed by atoms with Crippen LogP contribution in [0.3, 0.4) is 0 Å². The van der Waals surface area contributed by atoms with E-state index >= 15 is 0 Å². The van der Waals surface area contributed by atoms with Crippen molar-refractivity contribution in [1.29, 1.82) is 0 Å². The number of ether oxygens (including phenoxy) is 1. The number of carboxylic acid groups (broad SMARTS) is 1. The molecule has 0 aliphatic rings. The van der Waals surface area contributed by atoms with Crippen molar-refractivity contribution in [1.82, 2.24) is 5.32 Å². The molecular formula is C15H17BrF3NO5. The lowest BCUT2D eigenvalue weighted by atomic mass is 10.0. The Balaban J connectivity index is 3.08. The number of hydrogen-bond acceptors (Lipinski definition) is 4. The number of phenols is 1. The molecule has 0 aromatic heterocycles. The Hall–Kier alpha value is -1.97. The van der Waals surface area contributed by atoms with E-state index in [0.717, 1.165) is 0 Å². The molecule has 0 radical (unpaired) electrons. The van der Waals surface area contributed by atoms with Crippen LogP contribution in [0.2, 0.25) is 0 Å². The number of rotatable bonds is 4. The molecule has 0 bridgehead atoms. The van der Waals surface area contributed by atoms with Crippen LogP contribution in [-0.2, 0) is 22.1 Å². The Morgan fingerprint density at radius 1 is 1.28 bits per heavy atom. The zero-order valence-corrected chi connectivity index (χ0v) is 15.2. The molecule has 0 unspecified atom stereocenters. The molecule has 0 aliphatic carbocycles. The zero-order chi connectivity index (χ0) is 19.6. The van der Waals surface area contributed by atoms with Gasteiger partial charge in [-0.1, -0.05) is 0 Å². The number of aromatic hydroxyl groups is 1. The van der Waals surface area contributed by atoms with E-state index in [9.17, 15) is 33.0 Å². The number of hydrogen-bond donors (Lipinski definition) is 3. The normalized spacial score (nSPS) is 13.2. The molecule has 1 aromatic carbocycles. The lowest BCUT2D eigenvalue weighted by Crippen LogP contribution is -2.44. The van der Waals surface area contributed by atoms with Crippen LogP contribution in [0.15, 0.2) is 16.6 Å². The van der Waals surface area contributed by atoms with Gasteiger partial charge in [0.05, 0.1) is 10.0 Å². The summed E-state index contributed by atoms with van der Waals surface area (Å²) in [6, 6.07) is -0.279. The number of alkyl carbamates (subject to hydrolysis) is 1. The fourth-order valence-corrected chi connectivity index (χ4v) is 2.35. The molecule has 25 heavy (non-hydrogen) atoms. The van der Waals surface area contributed by atoms with Crippen molar-refractivity contribution in [2.75, 3.05) is 0 Å². The van der Waals surface area contributed by atoms with E-state index in [-0.39, 0.29) is 10.0 Å². The third-order valence-corrected chi connectivity index (χ3v) is 3.49. The molecule has 140 valence electrons. The van der Waals surface area contributed by atoms with Gasteiger partial charge in [0.15, 0.2) is 0 Å². The van der Waals surface area contributed by atoms with Crippen LogP contribution in [-0.4, -0.2) is 33.9 Å². The molecule has 1 atom stereocenters. The molecule has 6 nitrogen and oxygen atoms in total. The van der Waals surface area contributed by atoms with E-state index in [2.05, 4.69) is 21.2 Å². The standard InChI is InChI=1S/C15H17BrF3NO5/c1-14(2,3)25-13(24)20-10(12(22)23)5-7-4-8(15(17,18)19)6-9(16)11(7)21/h4,6,10,21H,5H2,1-3H3,(H,20,24)(H,22,23)/t10-/m0/s1. The summed E-state index contributed by atoms with van der Waals surface area (Å²) in [7, 11) is 0. The van der Waals surface area contributed by atoms with Gasteiger partial charge in [0.1, 0.15) is 17.4 Å². The van der Waals surface area contributed by atoms with E-state index in [1.54, 1.807) is 20.8 Å². The monoisotopic (exact) mass is 427 g/mol. The summed E-state index contributed by atoms with van der Waals surface area (Å²) in [5.41, 5.74) is -2.23. The fraction of sp³-hybridized carbons (Fsp3) is 0.467. The third-order valence-electron chi connectivity index (χ3n) is 2.88. The number of benzene rings is 1. The molecule has 0 fully saturated rings. The number of halogens is 4. The van der Waals surface area contributed by atoms with Crippen molar-refractivity contribution < 1.29 is 37.7 Å². The van der Waals surface area contributed by atoms with Gasteiger partial charge >= 0.3 is 18.2 Å². The molecule has 1 rings (SSSR count). The van der Waals surface area contributed by atoms with Gasteiger partial charge < -0.3 is 20.3 Å². The highest BCUT2D eigenvalue weighted by atomic mass is 79.9. The minimum Gasteiger partial charge on any atom is -0.506 e. The quantitative estimate of drug-likeness (QED) is 0.680. The van der Waals surface area contributed by atoms with Crippen LogP contribution in [0.1, 0.15) is 31.9 Å². The Morgan fingerprint density at radius 3 is 2.28 bits per heavy atom. The average molecular weight is 428 g/mol. The molecule has 0 aliphatic heterocycles. The average Bonchev–Trinajstić information content (AvgIpc) is 2.39. The highest BCUT2D eigenvalue weighted by Gasteiger charge is 2.33. The molecule has 3 N–H and O–H groups in total. The van der Waals surface area contributed by atoms with Crippen LogP contribution in [0.5, 0.6) is 5.75 Å². The van der Waals surface area contributed by atoms with E-state index in [0.29, 0.717) is 12.1 Å². The number of amides is 1. The Morgan fingerprint density at radius 2 is 1.84 bits per heavy atom. The van der Waals surface area contributed by atoms with Crippen molar-refractivity contribution in [2.45, 2.75) is 45.0 Å². The number of nitrogens with one attached hydrogen (secondary N) is 1.